The smallest absolute Gasteiger partial charge is 0.319 e. The molecule has 0 aliphatic heterocycles. The summed E-state index contributed by atoms with van der Waals surface area (Å²) in [5.41, 5.74) is 5.60. The molecule has 29 heavy (non-hydrogen) atoms. The van der Waals surface area contributed by atoms with Gasteiger partial charge in [-0.25, -0.2) is 4.79 Å². The van der Waals surface area contributed by atoms with E-state index in [1.807, 2.05) is 36.4 Å². The van der Waals surface area contributed by atoms with E-state index in [-0.39, 0.29) is 6.03 Å². The second-order valence-electron chi connectivity index (χ2n) is 6.41. The van der Waals surface area contributed by atoms with Gasteiger partial charge in [0, 0.05) is 40.8 Å². The minimum absolute atomic E-state index is 0.281. The third kappa shape index (κ3) is 4.62. The fraction of sp³-hybridized carbons (Fsp3) is 0.0455. The summed E-state index contributed by atoms with van der Waals surface area (Å²) in [5.74, 6) is 0. The number of amides is 2. The van der Waals surface area contributed by atoms with Crippen LogP contribution in [0.5, 0.6) is 0 Å². The van der Waals surface area contributed by atoms with E-state index in [0.717, 1.165) is 27.9 Å². The number of aromatic amines is 1. The number of carbonyl (C=O) groups is 1. The molecule has 0 fully saturated rings. The van der Waals surface area contributed by atoms with Crippen LogP contribution in [0.25, 0.3) is 22.4 Å². The summed E-state index contributed by atoms with van der Waals surface area (Å²) < 4.78 is 0. The van der Waals surface area contributed by atoms with Gasteiger partial charge in [-0.1, -0.05) is 29.8 Å². The Labute approximate surface area is 173 Å². The van der Waals surface area contributed by atoms with Crippen LogP contribution in [0.15, 0.2) is 79.3 Å². The normalized spacial score (nSPS) is 10.5. The predicted octanol–water partition coefficient (Wildman–Crippen LogP) is 5.11. The zero-order valence-corrected chi connectivity index (χ0v) is 16.1. The van der Waals surface area contributed by atoms with Crippen molar-refractivity contribution in [2.45, 2.75) is 6.54 Å². The summed E-state index contributed by atoms with van der Waals surface area (Å²) in [6.45, 7) is 0.395. The molecule has 2 aromatic carbocycles. The number of pyridine rings is 1. The number of halogens is 1. The molecule has 2 aromatic heterocycles. The highest BCUT2D eigenvalue weighted by Crippen LogP contribution is 2.30. The van der Waals surface area contributed by atoms with Gasteiger partial charge in [0.05, 0.1) is 11.9 Å². The quantitative estimate of drug-likeness (QED) is 0.432. The number of urea groups is 1. The molecule has 0 spiro atoms. The van der Waals surface area contributed by atoms with E-state index in [2.05, 4.69) is 25.8 Å². The molecule has 3 N–H and O–H groups in total. The van der Waals surface area contributed by atoms with Crippen LogP contribution in [-0.2, 0) is 6.54 Å². The molecule has 0 saturated carbocycles. The highest BCUT2D eigenvalue weighted by Gasteiger charge is 2.10. The van der Waals surface area contributed by atoms with Gasteiger partial charge in [0.2, 0.25) is 0 Å². The maximum absolute atomic E-state index is 12.1. The van der Waals surface area contributed by atoms with Gasteiger partial charge < -0.3 is 10.6 Å². The van der Waals surface area contributed by atoms with Gasteiger partial charge in [0.1, 0.15) is 0 Å². The van der Waals surface area contributed by atoms with E-state index >= 15 is 0 Å². The fourth-order valence-electron chi connectivity index (χ4n) is 2.98. The highest BCUT2D eigenvalue weighted by molar-refractivity contribution is 6.30. The van der Waals surface area contributed by atoms with Gasteiger partial charge in [-0.2, -0.15) is 5.10 Å². The number of rotatable bonds is 5. The van der Waals surface area contributed by atoms with Crippen molar-refractivity contribution in [3.05, 3.63) is 89.8 Å². The Hall–Kier alpha value is -3.64. The molecule has 0 aliphatic carbocycles. The third-order valence-corrected chi connectivity index (χ3v) is 4.65. The Balaban J connectivity index is 1.45. The average Bonchev–Trinajstić information content (AvgIpc) is 3.25. The molecule has 7 heteroatoms. The number of aromatic nitrogens is 3. The third-order valence-electron chi connectivity index (χ3n) is 4.40. The van der Waals surface area contributed by atoms with Gasteiger partial charge in [0.25, 0.3) is 0 Å². The monoisotopic (exact) mass is 403 g/mol. The molecular weight excluding hydrogens is 386 g/mol. The second kappa shape index (κ2) is 8.58. The lowest BCUT2D eigenvalue weighted by Crippen LogP contribution is -2.28. The number of nitrogens with zero attached hydrogens (tertiary/aromatic N) is 2. The Kier molecular flexibility index (Phi) is 5.54. The molecule has 6 nitrogen and oxygen atoms in total. The van der Waals surface area contributed by atoms with Crippen LogP contribution < -0.4 is 10.6 Å². The molecule has 2 amide bonds. The Morgan fingerprint density at radius 2 is 1.79 bits per heavy atom. The van der Waals surface area contributed by atoms with Crippen LogP contribution in [0.1, 0.15) is 5.56 Å². The lowest BCUT2D eigenvalue weighted by atomic mass is 10.0. The molecule has 0 bridgehead atoms. The zero-order chi connectivity index (χ0) is 20.1. The fourth-order valence-corrected chi connectivity index (χ4v) is 3.11. The van der Waals surface area contributed by atoms with E-state index in [9.17, 15) is 4.79 Å². The summed E-state index contributed by atoms with van der Waals surface area (Å²) in [5, 5.41) is 13.5. The number of carbonyl (C=O) groups excluding carboxylic acids is 1. The van der Waals surface area contributed by atoms with Gasteiger partial charge in [-0.05, 0) is 53.6 Å². The lowest BCUT2D eigenvalue weighted by molar-refractivity contribution is 0.251. The minimum atomic E-state index is -0.281. The number of H-pyrrole nitrogens is 1. The molecule has 144 valence electrons. The van der Waals surface area contributed by atoms with Gasteiger partial charge in [-0.15, -0.1) is 0 Å². The first-order valence-corrected chi connectivity index (χ1v) is 9.40. The van der Waals surface area contributed by atoms with Crippen molar-refractivity contribution in [3.8, 4) is 22.4 Å². The number of hydrogen-bond acceptors (Lipinski definition) is 3. The zero-order valence-electron chi connectivity index (χ0n) is 15.4. The van der Waals surface area contributed by atoms with Crippen molar-refractivity contribution >= 4 is 23.3 Å². The average molecular weight is 404 g/mol. The first-order chi connectivity index (χ1) is 14.2. The molecule has 4 rings (SSSR count). The molecule has 0 radical (unpaired) electrons. The SMILES string of the molecule is O=C(NCc1cccc(-c2[nH]ncc2-c2ccncc2)c1)Nc1ccc(Cl)cc1. The van der Waals surface area contributed by atoms with E-state index in [0.29, 0.717) is 17.3 Å². The van der Waals surface area contributed by atoms with E-state index in [1.54, 1.807) is 42.9 Å². The summed E-state index contributed by atoms with van der Waals surface area (Å²) in [7, 11) is 0. The van der Waals surface area contributed by atoms with Crippen molar-refractivity contribution in [1.82, 2.24) is 20.5 Å². The van der Waals surface area contributed by atoms with Crippen molar-refractivity contribution in [1.29, 1.82) is 0 Å². The van der Waals surface area contributed by atoms with Crippen LogP contribution in [0, 0.1) is 0 Å². The summed E-state index contributed by atoms with van der Waals surface area (Å²) >= 11 is 5.86. The number of anilines is 1. The van der Waals surface area contributed by atoms with Crippen molar-refractivity contribution in [2.75, 3.05) is 5.32 Å². The maximum Gasteiger partial charge on any atom is 0.319 e. The second-order valence-corrected chi connectivity index (χ2v) is 6.85. The van der Waals surface area contributed by atoms with E-state index in [1.165, 1.54) is 0 Å². The first-order valence-electron chi connectivity index (χ1n) is 9.02. The van der Waals surface area contributed by atoms with Crippen molar-refractivity contribution < 1.29 is 4.79 Å². The maximum atomic E-state index is 12.1. The molecule has 2 heterocycles. The predicted molar refractivity (Wildman–Crippen MR) is 115 cm³/mol. The molecule has 0 aliphatic rings. The summed E-state index contributed by atoms with van der Waals surface area (Å²) in [6, 6.07) is 18.5. The minimum Gasteiger partial charge on any atom is -0.334 e. The highest BCUT2D eigenvalue weighted by atomic mass is 35.5. The molecule has 0 unspecified atom stereocenters. The van der Waals surface area contributed by atoms with E-state index in [4.69, 9.17) is 11.6 Å². The summed E-state index contributed by atoms with van der Waals surface area (Å²) in [4.78, 5) is 16.2. The summed E-state index contributed by atoms with van der Waals surface area (Å²) in [6.07, 6.45) is 5.31. The van der Waals surface area contributed by atoms with Crippen molar-refractivity contribution in [3.63, 3.8) is 0 Å². The number of hydrogen-bond donors (Lipinski definition) is 3. The van der Waals surface area contributed by atoms with Crippen LogP contribution in [0.4, 0.5) is 10.5 Å². The molecule has 4 aromatic rings. The van der Waals surface area contributed by atoms with Crippen LogP contribution in [-0.4, -0.2) is 21.2 Å². The van der Waals surface area contributed by atoms with E-state index < -0.39 is 0 Å². The van der Waals surface area contributed by atoms with Gasteiger partial charge in [0.15, 0.2) is 0 Å². The van der Waals surface area contributed by atoms with Gasteiger partial charge in [-0.3, -0.25) is 10.1 Å². The number of benzene rings is 2. The van der Waals surface area contributed by atoms with Crippen LogP contribution >= 0.6 is 11.6 Å². The Morgan fingerprint density at radius 3 is 2.59 bits per heavy atom. The molecule has 0 atom stereocenters. The number of nitrogens with one attached hydrogen (secondary N) is 3. The first kappa shape index (κ1) is 18.7. The Bertz CT molecular complexity index is 1110. The standard InChI is InChI=1S/C22H18ClN5O/c23-18-4-6-19(7-5-18)27-22(29)25-13-15-2-1-3-17(12-15)21-20(14-26-28-21)16-8-10-24-11-9-16/h1-12,14H,13H2,(H,26,28)(H2,25,27,29). The molecule has 0 saturated heterocycles. The lowest BCUT2D eigenvalue weighted by Gasteiger charge is -2.09. The van der Waals surface area contributed by atoms with Crippen LogP contribution in [0.2, 0.25) is 5.02 Å². The van der Waals surface area contributed by atoms with Gasteiger partial charge >= 0.3 is 6.03 Å². The molecular formula is C22H18ClN5O. The van der Waals surface area contributed by atoms with Crippen molar-refractivity contribution in [2.24, 2.45) is 0 Å². The largest absolute Gasteiger partial charge is 0.334 e. The Morgan fingerprint density at radius 1 is 1.00 bits per heavy atom. The topological polar surface area (TPSA) is 82.7 Å². The van der Waals surface area contributed by atoms with Crippen LogP contribution in [0.3, 0.4) is 0 Å².